The Morgan fingerprint density at radius 1 is 1.40 bits per heavy atom. The van der Waals surface area contributed by atoms with E-state index < -0.39 is 17.2 Å². The predicted octanol–water partition coefficient (Wildman–Crippen LogP) is 0.313. The SMILES string of the molecule is Cn1nnnc1C1(NC(=O)OC(C)(C)C)CCNCC1. The van der Waals surface area contributed by atoms with Gasteiger partial charge in [0, 0.05) is 7.05 Å². The minimum absolute atomic E-state index is 0.442. The van der Waals surface area contributed by atoms with Gasteiger partial charge < -0.3 is 15.4 Å². The summed E-state index contributed by atoms with van der Waals surface area (Å²) in [6.45, 7) is 7.11. The number of piperidine rings is 1. The predicted molar refractivity (Wildman–Crippen MR) is 71.9 cm³/mol. The summed E-state index contributed by atoms with van der Waals surface area (Å²) in [5, 5.41) is 17.8. The van der Waals surface area contributed by atoms with E-state index in [1.165, 1.54) is 0 Å². The zero-order valence-electron chi connectivity index (χ0n) is 12.4. The molecule has 0 unspecified atom stereocenters. The highest BCUT2D eigenvalue weighted by atomic mass is 16.6. The molecule has 1 amide bonds. The van der Waals surface area contributed by atoms with E-state index in [2.05, 4.69) is 26.2 Å². The smallest absolute Gasteiger partial charge is 0.408 e. The fraction of sp³-hybridized carbons (Fsp3) is 0.833. The normalized spacial score (nSPS) is 18.6. The van der Waals surface area contributed by atoms with Crippen molar-refractivity contribution in [1.82, 2.24) is 30.8 Å². The lowest BCUT2D eigenvalue weighted by molar-refractivity contribution is 0.0415. The Morgan fingerprint density at radius 3 is 2.55 bits per heavy atom. The highest BCUT2D eigenvalue weighted by Gasteiger charge is 2.40. The van der Waals surface area contributed by atoms with Gasteiger partial charge in [-0.25, -0.2) is 9.48 Å². The maximum Gasteiger partial charge on any atom is 0.408 e. The molecule has 8 nitrogen and oxygen atoms in total. The van der Waals surface area contributed by atoms with Crippen LogP contribution in [0.2, 0.25) is 0 Å². The lowest BCUT2D eigenvalue weighted by Crippen LogP contribution is -2.54. The number of aromatic nitrogens is 4. The van der Waals surface area contributed by atoms with Crippen LogP contribution in [0.1, 0.15) is 39.4 Å². The number of nitrogens with one attached hydrogen (secondary N) is 2. The van der Waals surface area contributed by atoms with Crippen LogP contribution in [0.4, 0.5) is 4.79 Å². The standard InChI is InChI=1S/C12H22N6O2/c1-11(2,3)20-10(19)14-12(5-7-13-8-6-12)9-15-16-17-18(9)4/h13H,5-8H2,1-4H3,(H,14,19). The molecule has 0 bridgehead atoms. The van der Waals surface area contributed by atoms with Crippen LogP contribution in [0.3, 0.4) is 0 Å². The van der Waals surface area contributed by atoms with Crippen molar-refractivity contribution in [3.8, 4) is 0 Å². The molecule has 20 heavy (non-hydrogen) atoms. The van der Waals surface area contributed by atoms with E-state index in [-0.39, 0.29) is 0 Å². The number of nitrogens with zero attached hydrogens (tertiary/aromatic N) is 4. The third-order valence-corrected chi connectivity index (χ3v) is 3.25. The van der Waals surface area contributed by atoms with E-state index in [0.29, 0.717) is 5.82 Å². The van der Waals surface area contributed by atoms with E-state index >= 15 is 0 Å². The summed E-state index contributed by atoms with van der Waals surface area (Å²) < 4.78 is 6.95. The molecule has 1 aromatic rings. The van der Waals surface area contributed by atoms with E-state index in [4.69, 9.17) is 4.74 Å². The second kappa shape index (κ2) is 5.35. The number of hydrogen-bond donors (Lipinski definition) is 2. The molecule has 0 aromatic carbocycles. The third kappa shape index (κ3) is 3.24. The van der Waals surface area contributed by atoms with Gasteiger partial charge in [0.1, 0.15) is 11.1 Å². The number of tetrazole rings is 1. The van der Waals surface area contributed by atoms with E-state index in [1.54, 1.807) is 11.7 Å². The molecule has 2 heterocycles. The van der Waals surface area contributed by atoms with Gasteiger partial charge in [0.25, 0.3) is 0 Å². The van der Waals surface area contributed by atoms with Crippen molar-refractivity contribution in [3.63, 3.8) is 0 Å². The molecule has 1 aromatic heterocycles. The van der Waals surface area contributed by atoms with Crippen LogP contribution in [0.25, 0.3) is 0 Å². The molecule has 1 fully saturated rings. The zero-order valence-corrected chi connectivity index (χ0v) is 12.4. The number of amides is 1. The van der Waals surface area contributed by atoms with Crippen molar-refractivity contribution >= 4 is 6.09 Å². The number of hydrogen-bond acceptors (Lipinski definition) is 6. The van der Waals surface area contributed by atoms with Crippen molar-refractivity contribution in [2.75, 3.05) is 13.1 Å². The largest absolute Gasteiger partial charge is 0.444 e. The number of carbonyl (C=O) groups is 1. The van der Waals surface area contributed by atoms with Gasteiger partial charge in [0.05, 0.1) is 0 Å². The summed E-state index contributed by atoms with van der Waals surface area (Å²) in [5.74, 6) is 0.657. The van der Waals surface area contributed by atoms with Gasteiger partial charge >= 0.3 is 6.09 Å². The minimum Gasteiger partial charge on any atom is -0.444 e. The van der Waals surface area contributed by atoms with Gasteiger partial charge in [-0.15, -0.1) is 5.10 Å². The second-order valence-electron chi connectivity index (χ2n) is 6.09. The molecule has 1 aliphatic heterocycles. The first kappa shape index (κ1) is 14.7. The summed E-state index contributed by atoms with van der Waals surface area (Å²) in [4.78, 5) is 12.1. The summed E-state index contributed by atoms with van der Waals surface area (Å²) in [5.41, 5.74) is -1.11. The van der Waals surface area contributed by atoms with E-state index in [0.717, 1.165) is 25.9 Å². The molecular weight excluding hydrogens is 260 g/mol. The van der Waals surface area contributed by atoms with Crippen molar-refractivity contribution < 1.29 is 9.53 Å². The number of ether oxygens (including phenoxy) is 1. The fourth-order valence-electron chi connectivity index (χ4n) is 2.39. The molecule has 2 rings (SSSR count). The zero-order chi connectivity index (χ0) is 14.8. The molecule has 1 saturated heterocycles. The summed E-state index contributed by atoms with van der Waals surface area (Å²) in [7, 11) is 1.77. The van der Waals surface area contributed by atoms with Crippen molar-refractivity contribution in [3.05, 3.63) is 5.82 Å². The maximum atomic E-state index is 12.1. The topological polar surface area (TPSA) is 94.0 Å². The first-order valence-corrected chi connectivity index (χ1v) is 6.77. The molecule has 112 valence electrons. The summed E-state index contributed by atoms with van der Waals surface area (Å²) in [6, 6.07) is 0. The van der Waals surface area contributed by atoms with Gasteiger partial charge in [-0.3, -0.25) is 0 Å². The molecule has 0 atom stereocenters. The molecule has 0 aliphatic carbocycles. The monoisotopic (exact) mass is 282 g/mol. The van der Waals surface area contributed by atoms with Gasteiger partial charge in [0.15, 0.2) is 5.82 Å². The molecule has 1 aliphatic rings. The van der Waals surface area contributed by atoms with E-state index in [1.807, 2.05) is 20.8 Å². The van der Waals surface area contributed by atoms with Crippen LogP contribution < -0.4 is 10.6 Å². The minimum atomic E-state index is -0.578. The molecular formula is C12H22N6O2. The molecule has 0 saturated carbocycles. The maximum absolute atomic E-state index is 12.1. The Morgan fingerprint density at radius 2 is 2.05 bits per heavy atom. The molecule has 0 radical (unpaired) electrons. The van der Waals surface area contributed by atoms with Crippen molar-refractivity contribution in [2.24, 2.45) is 7.05 Å². The Balaban J connectivity index is 2.20. The quantitative estimate of drug-likeness (QED) is 0.811. The van der Waals surface area contributed by atoms with Crippen LogP contribution in [0, 0.1) is 0 Å². The lowest BCUT2D eigenvalue weighted by atomic mass is 9.87. The van der Waals surface area contributed by atoms with Gasteiger partial charge in [-0.05, 0) is 57.1 Å². The van der Waals surface area contributed by atoms with Crippen LogP contribution >= 0.6 is 0 Å². The van der Waals surface area contributed by atoms with E-state index in [9.17, 15) is 4.79 Å². The Bertz CT molecular complexity index is 473. The highest BCUT2D eigenvalue weighted by molar-refractivity contribution is 5.69. The van der Waals surface area contributed by atoms with Crippen LogP contribution in [-0.4, -0.2) is 45.0 Å². The van der Waals surface area contributed by atoms with Gasteiger partial charge in [-0.1, -0.05) is 0 Å². The van der Waals surface area contributed by atoms with Crippen molar-refractivity contribution in [1.29, 1.82) is 0 Å². The number of aryl methyl sites for hydroxylation is 1. The highest BCUT2D eigenvalue weighted by Crippen LogP contribution is 2.28. The number of rotatable bonds is 2. The van der Waals surface area contributed by atoms with Gasteiger partial charge in [0.2, 0.25) is 0 Å². The van der Waals surface area contributed by atoms with Crippen LogP contribution in [0.15, 0.2) is 0 Å². The first-order chi connectivity index (χ1) is 9.32. The van der Waals surface area contributed by atoms with Crippen LogP contribution in [-0.2, 0) is 17.3 Å². The Hall–Kier alpha value is -1.70. The average molecular weight is 282 g/mol. The summed E-state index contributed by atoms with van der Waals surface area (Å²) in [6.07, 6.45) is 1.00. The second-order valence-corrected chi connectivity index (χ2v) is 6.09. The Kier molecular flexibility index (Phi) is 3.94. The Labute approximate surface area is 118 Å². The summed E-state index contributed by atoms with van der Waals surface area (Å²) >= 11 is 0. The van der Waals surface area contributed by atoms with Crippen molar-refractivity contribution in [2.45, 2.75) is 44.8 Å². The number of alkyl carbamates (subject to hydrolysis) is 1. The first-order valence-electron chi connectivity index (χ1n) is 6.77. The molecule has 8 heteroatoms. The molecule has 0 spiro atoms. The number of carbonyl (C=O) groups excluding carboxylic acids is 1. The van der Waals surface area contributed by atoms with Gasteiger partial charge in [-0.2, -0.15) is 0 Å². The van der Waals surface area contributed by atoms with Crippen LogP contribution in [0.5, 0.6) is 0 Å². The third-order valence-electron chi connectivity index (χ3n) is 3.25. The fourth-order valence-corrected chi connectivity index (χ4v) is 2.39. The average Bonchev–Trinajstić information content (AvgIpc) is 2.74. The lowest BCUT2D eigenvalue weighted by Gasteiger charge is -2.37. The molecule has 2 N–H and O–H groups in total.